The Hall–Kier alpha value is -0.520. The Morgan fingerprint density at radius 2 is 1.73 bits per heavy atom. The van der Waals surface area contributed by atoms with Crippen LogP contribution in [0, 0.1) is 6.08 Å². The smallest absolute Gasteiger partial charge is 0.00858 e. The molecule has 0 nitrogen and oxygen atoms in total. The SMILES string of the molecule is CCCCCCCCCC1=[C]CC=C1C. The predicted octanol–water partition coefficient (Wildman–Crippen LogP) is 5.21. The van der Waals surface area contributed by atoms with Crippen molar-refractivity contribution in [2.45, 2.75) is 71.6 Å². The molecule has 0 heteroatoms. The highest BCUT2D eigenvalue weighted by atomic mass is 14.1. The molecule has 0 spiro atoms. The van der Waals surface area contributed by atoms with Gasteiger partial charge >= 0.3 is 0 Å². The normalized spacial score (nSPS) is 15.3. The first-order valence-electron chi connectivity index (χ1n) is 6.61. The number of unbranched alkanes of at least 4 members (excludes halogenated alkanes) is 6. The molecular weight excluding hydrogens is 180 g/mol. The van der Waals surface area contributed by atoms with Crippen molar-refractivity contribution in [1.29, 1.82) is 0 Å². The van der Waals surface area contributed by atoms with Crippen molar-refractivity contribution >= 4 is 0 Å². The Balaban J connectivity index is 1.91. The topological polar surface area (TPSA) is 0 Å². The molecule has 0 aliphatic heterocycles. The van der Waals surface area contributed by atoms with Gasteiger partial charge in [0.25, 0.3) is 0 Å². The molecule has 1 aliphatic carbocycles. The number of hydrogen-bond acceptors (Lipinski definition) is 0. The number of allylic oxidation sites excluding steroid dienone is 4. The molecule has 0 aromatic heterocycles. The molecule has 1 rings (SSSR count). The van der Waals surface area contributed by atoms with Crippen LogP contribution >= 0.6 is 0 Å². The standard InChI is InChI=1S/C15H25/c1-3-4-5-6-7-8-9-12-15-13-10-11-14(15)2/h11H,3-10,12H2,1-2H3. The molecule has 15 heavy (non-hydrogen) atoms. The van der Waals surface area contributed by atoms with Crippen molar-refractivity contribution in [1.82, 2.24) is 0 Å². The van der Waals surface area contributed by atoms with E-state index in [0.29, 0.717) is 0 Å². The second-order valence-corrected chi connectivity index (χ2v) is 4.62. The molecular formula is C15H25. The molecule has 0 saturated heterocycles. The molecule has 0 atom stereocenters. The molecule has 0 bridgehead atoms. The van der Waals surface area contributed by atoms with Crippen molar-refractivity contribution < 1.29 is 0 Å². The summed E-state index contributed by atoms with van der Waals surface area (Å²) in [6.07, 6.45) is 17.9. The maximum atomic E-state index is 3.44. The van der Waals surface area contributed by atoms with Gasteiger partial charge in [-0.3, -0.25) is 0 Å². The van der Waals surface area contributed by atoms with Crippen molar-refractivity contribution in [3.63, 3.8) is 0 Å². The van der Waals surface area contributed by atoms with Crippen molar-refractivity contribution in [3.05, 3.63) is 23.3 Å². The van der Waals surface area contributed by atoms with Crippen LogP contribution in [0.25, 0.3) is 0 Å². The molecule has 0 saturated carbocycles. The van der Waals surface area contributed by atoms with Crippen molar-refractivity contribution in [3.8, 4) is 0 Å². The molecule has 0 aromatic rings. The van der Waals surface area contributed by atoms with Crippen LogP contribution in [0.3, 0.4) is 0 Å². The van der Waals surface area contributed by atoms with Gasteiger partial charge in [-0.15, -0.1) is 0 Å². The first-order chi connectivity index (χ1) is 7.34. The lowest BCUT2D eigenvalue weighted by atomic mass is 10.0. The van der Waals surface area contributed by atoms with E-state index < -0.39 is 0 Å². The lowest BCUT2D eigenvalue weighted by molar-refractivity contribution is 0.589. The van der Waals surface area contributed by atoms with Crippen LogP contribution in [0.5, 0.6) is 0 Å². The Morgan fingerprint density at radius 3 is 2.33 bits per heavy atom. The lowest BCUT2D eigenvalue weighted by Crippen LogP contribution is -1.84. The summed E-state index contributed by atoms with van der Waals surface area (Å²) in [5.74, 6) is 0. The zero-order valence-corrected chi connectivity index (χ0v) is 10.4. The molecule has 1 aliphatic rings. The van der Waals surface area contributed by atoms with E-state index in [9.17, 15) is 0 Å². The quantitative estimate of drug-likeness (QED) is 0.477. The van der Waals surface area contributed by atoms with Gasteiger partial charge in [0.1, 0.15) is 0 Å². The van der Waals surface area contributed by atoms with E-state index in [1.54, 1.807) is 0 Å². The van der Waals surface area contributed by atoms with Crippen molar-refractivity contribution in [2.75, 3.05) is 0 Å². The minimum atomic E-state index is 1.05. The molecule has 0 N–H and O–H groups in total. The van der Waals surface area contributed by atoms with Crippen LogP contribution in [0.1, 0.15) is 71.6 Å². The van der Waals surface area contributed by atoms with Gasteiger partial charge in [-0.05, 0) is 37.8 Å². The molecule has 0 amide bonds. The summed E-state index contributed by atoms with van der Waals surface area (Å²) in [7, 11) is 0. The van der Waals surface area contributed by atoms with Gasteiger partial charge in [0.15, 0.2) is 0 Å². The van der Waals surface area contributed by atoms with E-state index in [4.69, 9.17) is 0 Å². The fourth-order valence-corrected chi connectivity index (χ4v) is 2.13. The maximum absolute atomic E-state index is 3.44. The second-order valence-electron chi connectivity index (χ2n) is 4.62. The minimum Gasteiger partial charge on any atom is -0.0769 e. The Morgan fingerprint density at radius 1 is 1.07 bits per heavy atom. The Labute approximate surface area is 95.5 Å². The van der Waals surface area contributed by atoms with Gasteiger partial charge in [-0.25, -0.2) is 0 Å². The van der Waals surface area contributed by atoms with Crippen LogP contribution in [0.15, 0.2) is 17.2 Å². The largest absolute Gasteiger partial charge is 0.0769 e. The summed E-state index contributed by atoms with van der Waals surface area (Å²) in [6.45, 7) is 4.49. The first kappa shape index (κ1) is 12.5. The monoisotopic (exact) mass is 205 g/mol. The summed E-state index contributed by atoms with van der Waals surface area (Å²) in [5.41, 5.74) is 2.96. The molecule has 0 unspecified atom stereocenters. The van der Waals surface area contributed by atoms with Crippen LogP contribution < -0.4 is 0 Å². The predicted molar refractivity (Wildman–Crippen MR) is 67.7 cm³/mol. The van der Waals surface area contributed by atoms with E-state index in [-0.39, 0.29) is 0 Å². The summed E-state index contributed by atoms with van der Waals surface area (Å²) in [6, 6.07) is 0. The Kier molecular flexibility index (Phi) is 6.47. The minimum absolute atomic E-state index is 1.05. The van der Waals surface area contributed by atoms with Crippen LogP contribution in [-0.2, 0) is 0 Å². The summed E-state index contributed by atoms with van der Waals surface area (Å²) in [5, 5.41) is 0. The van der Waals surface area contributed by atoms with Gasteiger partial charge in [-0.1, -0.05) is 57.1 Å². The number of rotatable bonds is 8. The van der Waals surface area contributed by atoms with Gasteiger partial charge < -0.3 is 0 Å². The number of hydrogen-bond donors (Lipinski definition) is 0. The van der Waals surface area contributed by atoms with Gasteiger partial charge in [0, 0.05) is 0 Å². The molecule has 0 aromatic carbocycles. The summed E-state index contributed by atoms with van der Waals surface area (Å²) < 4.78 is 0. The lowest BCUT2D eigenvalue weighted by Gasteiger charge is -2.04. The van der Waals surface area contributed by atoms with Gasteiger partial charge in [-0.2, -0.15) is 0 Å². The van der Waals surface area contributed by atoms with Gasteiger partial charge in [0.2, 0.25) is 0 Å². The third-order valence-electron chi connectivity index (χ3n) is 3.23. The molecule has 1 radical (unpaired) electrons. The van der Waals surface area contributed by atoms with E-state index in [2.05, 4.69) is 26.0 Å². The third-order valence-corrected chi connectivity index (χ3v) is 3.23. The zero-order chi connectivity index (χ0) is 10.9. The fourth-order valence-electron chi connectivity index (χ4n) is 2.13. The average Bonchev–Trinajstić information content (AvgIpc) is 2.63. The third kappa shape index (κ3) is 5.20. The van der Waals surface area contributed by atoms with Crippen LogP contribution in [0.4, 0.5) is 0 Å². The summed E-state index contributed by atoms with van der Waals surface area (Å²) >= 11 is 0. The zero-order valence-electron chi connectivity index (χ0n) is 10.4. The van der Waals surface area contributed by atoms with Crippen LogP contribution in [-0.4, -0.2) is 0 Å². The highest BCUT2D eigenvalue weighted by Gasteiger charge is 2.04. The molecule has 85 valence electrons. The molecule has 0 heterocycles. The second kappa shape index (κ2) is 7.73. The van der Waals surface area contributed by atoms with Crippen molar-refractivity contribution in [2.24, 2.45) is 0 Å². The van der Waals surface area contributed by atoms with E-state index in [0.717, 1.165) is 6.42 Å². The summed E-state index contributed by atoms with van der Waals surface area (Å²) in [4.78, 5) is 0. The molecule has 0 fully saturated rings. The Bertz CT molecular complexity index is 220. The van der Waals surface area contributed by atoms with E-state index in [1.807, 2.05) is 0 Å². The first-order valence-corrected chi connectivity index (χ1v) is 6.61. The van der Waals surface area contributed by atoms with E-state index in [1.165, 1.54) is 62.5 Å². The average molecular weight is 205 g/mol. The highest BCUT2D eigenvalue weighted by molar-refractivity contribution is 5.32. The van der Waals surface area contributed by atoms with Gasteiger partial charge in [0.05, 0.1) is 0 Å². The van der Waals surface area contributed by atoms with Crippen LogP contribution in [0.2, 0.25) is 0 Å². The fraction of sp³-hybridized carbons (Fsp3) is 0.733. The maximum Gasteiger partial charge on any atom is -0.00858 e. The highest BCUT2D eigenvalue weighted by Crippen LogP contribution is 2.23. The van der Waals surface area contributed by atoms with E-state index >= 15 is 0 Å².